The Labute approximate surface area is 87.0 Å². The summed E-state index contributed by atoms with van der Waals surface area (Å²) in [5.41, 5.74) is 0. The molecule has 0 aromatic carbocycles. The summed E-state index contributed by atoms with van der Waals surface area (Å²) < 4.78 is 0. The van der Waals surface area contributed by atoms with Crippen LogP contribution in [0.4, 0.5) is 0 Å². The molecule has 2 aliphatic rings. The molecule has 2 rings (SSSR count). The molecule has 0 aromatic heterocycles. The molecule has 0 nitrogen and oxygen atoms in total. The molecule has 0 heterocycles. The molecule has 1 heteroatoms. The fourth-order valence-corrected chi connectivity index (χ4v) is 3.50. The molecule has 2 atom stereocenters. The molecule has 13 heavy (non-hydrogen) atoms. The van der Waals surface area contributed by atoms with Crippen molar-refractivity contribution in [2.24, 2.45) is 17.8 Å². The van der Waals surface area contributed by atoms with Crippen molar-refractivity contribution in [2.75, 3.05) is 0 Å². The van der Waals surface area contributed by atoms with E-state index in [2.05, 4.69) is 6.92 Å². The smallest absolute Gasteiger partial charge is 0.0338 e. The molecular weight excluding hydrogens is 180 g/mol. The monoisotopic (exact) mass is 200 g/mol. The molecule has 0 spiro atoms. The predicted molar refractivity (Wildman–Crippen MR) is 58.1 cm³/mol. The normalized spacial score (nSPS) is 46.6. The van der Waals surface area contributed by atoms with Gasteiger partial charge in [0, 0.05) is 5.38 Å². The van der Waals surface area contributed by atoms with E-state index < -0.39 is 0 Å². The van der Waals surface area contributed by atoms with E-state index in [-0.39, 0.29) is 0 Å². The first kappa shape index (κ1) is 9.83. The Balaban J connectivity index is 1.81. The molecule has 2 saturated carbocycles. The van der Waals surface area contributed by atoms with Crippen LogP contribution in [-0.2, 0) is 0 Å². The Hall–Kier alpha value is 0.290. The quantitative estimate of drug-likeness (QED) is 0.556. The fraction of sp³-hybridized carbons (Fsp3) is 1.00. The van der Waals surface area contributed by atoms with Crippen molar-refractivity contribution in [2.45, 2.75) is 57.2 Å². The topological polar surface area (TPSA) is 0 Å². The van der Waals surface area contributed by atoms with E-state index in [0.717, 1.165) is 17.8 Å². The van der Waals surface area contributed by atoms with Crippen LogP contribution in [0.1, 0.15) is 51.9 Å². The van der Waals surface area contributed by atoms with E-state index in [1.54, 1.807) is 0 Å². The van der Waals surface area contributed by atoms with Crippen LogP contribution in [0.5, 0.6) is 0 Å². The van der Waals surface area contributed by atoms with Gasteiger partial charge in [0.05, 0.1) is 0 Å². The minimum Gasteiger partial charge on any atom is -0.123 e. The van der Waals surface area contributed by atoms with Gasteiger partial charge in [-0.2, -0.15) is 0 Å². The summed E-state index contributed by atoms with van der Waals surface area (Å²) in [4.78, 5) is 0. The van der Waals surface area contributed by atoms with Crippen LogP contribution in [0, 0.1) is 17.8 Å². The van der Waals surface area contributed by atoms with Gasteiger partial charge < -0.3 is 0 Å². The van der Waals surface area contributed by atoms with Crippen LogP contribution in [-0.4, -0.2) is 5.38 Å². The SMILES string of the molecule is CC1CCC(C2CCC(Cl)C2)CC1. The largest absolute Gasteiger partial charge is 0.123 e. The van der Waals surface area contributed by atoms with Gasteiger partial charge in [-0.3, -0.25) is 0 Å². The van der Waals surface area contributed by atoms with E-state index in [1.165, 1.54) is 44.9 Å². The second kappa shape index (κ2) is 4.21. The zero-order valence-electron chi connectivity index (χ0n) is 8.64. The summed E-state index contributed by atoms with van der Waals surface area (Å²) in [5, 5.41) is 0.504. The van der Waals surface area contributed by atoms with E-state index in [4.69, 9.17) is 11.6 Å². The Bertz CT molecular complexity index is 159. The molecule has 2 fully saturated rings. The maximum absolute atomic E-state index is 6.15. The van der Waals surface area contributed by atoms with Gasteiger partial charge in [0.15, 0.2) is 0 Å². The Morgan fingerprint density at radius 3 is 2.00 bits per heavy atom. The second-order valence-corrected chi connectivity index (χ2v) is 5.81. The fourth-order valence-electron chi connectivity index (χ4n) is 3.14. The molecule has 2 unspecified atom stereocenters. The molecule has 76 valence electrons. The van der Waals surface area contributed by atoms with Crippen LogP contribution >= 0.6 is 11.6 Å². The summed E-state index contributed by atoms with van der Waals surface area (Å²) >= 11 is 6.15. The third kappa shape index (κ3) is 2.40. The number of hydrogen-bond donors (Lipinski definition) is 0. The Morgan fingerprint density at radius 1 is 0.846 bits per heavy atom. The summed E-state index contributed by atoms with van der Waals surface area (Å²) in [6.07, 6.45) is 9.89. The molecule has 2 aliphatic carbocycles. The molecular formula is C12H21Cl. The van der Waals surface area contributed by atoms with Gasteiger partial charge in [0.25, 0.3) is 0 Å². The predicted octanol–water partition coefficient (Wildman–Crippen LogP) is 4.22. The molecule has 0 aliphatic heterocycles. The highest BCUT2D eigenvalue weighted by molar-refractivity contribution is 6.20. The van der Waals surface area contributed by atoms with Crippen molar-refractivity contribution in [3.05, 3.63) is 0 Å². The van der Waals surface area contributed by atoms with Crippen LogP contribution in [0.3, 0.4) is 0 Å². The zero-order valence-corrected chi connectivity index (χ0v) is 9.39. The molecule has 0 bridgehead atoms. The second-order valence-electron chi connectivity index (χ2n) is 5.19. The third-order valence-corrected chi connectivity index (χ3v) is 4.53. The first-order valence-electron chi connectivity index (χ1n) is 5.89. The van der Waals surface area contributed by atoms with Crippen molar-refractivity contribution in [3.8, 4) is 0 Å². The average molecular weight is 201 g/mol. The lowest BCUT2D eigenvalue weighted by molar-refractivity contribution is 0.215. The van der Waals surface area contributed by atoms with Crippen molar-refractivity contribution in [3.63, 3.8) is 0 Å². The Morgan fingerprint density at radius 2 is 1.46 bits per heavy atom. The molecule has 0 radical (unpaired) electrons. The lowest BCUT2D eigenvalue weighted by Crippen LogP contribution is -2.19. The maximum atomic E-state index is 6.15. The highest BCUT2D eigenvalue weighted by Crippen LogP contribution is 2.42. The maximum Gasteiger partial charge on any atom is 0.0338 e. The minimum absolute atomic E-state index is 0.504. The minimum atomic E-state index is 0.504. The molecule has 0 N–H and O–H groups in total. The van der Waals surface area contributed by atoms with Gasteiger partial charge in [0.2, 0.25) is 0 Å². The Kier molecular flexibility index (Phi) is 3.18. The van der Waals surface area contributed by atoms with Crippen LogP contribution < -0.4 is 0 Å². The summed E-state index contributed by atoms with van der Waals surface area (Å²) in [6, 6.07) is 0. The zero-order chi connectivity index (χ0) is 9.26. The van der Waals surface area contributed by atoms with E-state index >= 15 is 0 Å². The van der Waals surface area contributed by atoms with Gasteiger partial charge in [0.1, 0.15) is 0 Å². The standard InChI is InChI=1S/C12H21Cl/c1-9-2-4-10(5-3-9)11-6-7-12(13)8-11/h9-12H,2-8H2,1H3. The van der Waals surface area contributed by atoms with Crippen molar-refractivity contribution >= 4 is 11.6 Å². The van der Waals surface area contributed by atoms with E-state index in [0.29, 0.717) is 5.38 Å². The van der Waals surface area contributed by atoms with Crippen molar-refractivity contribution in [1.82, 2.24) is 0 Å². The molecule has 0 aromatic rings. The first-order valence-corrected chi connectivity index (χ1v) is 6.33. The first-order chi connectivity index (χ1) is 6.25. The number of alkyl halides is 1. The number of rotatable bonds is 1. The molecule has 0 saturated heterocycles. The van der Waals surface area contributed by atoms with Gasteiger partial charge in [-0.05, 0) is 49.9 Å². The van der Waals surface area contributed by atoms with Gasteiger partial charge >= 0.3 is 0 Å². The van der Waals surface area contributed by atoms with Crippen molar-refractivity contribution in [1.29, 1.82) is 0 Å². The highest BCUT2D eigenvalue weighted by atomic mass is 35.5. The number of hydrogen-bond acceptors (Lipinski definition) is 0. The van der Waals surface area contributed by atoms with Gasteiger partial charge in [-0.15, -0.1) is 11.6 Å². The summed E-state index contributed by atoms with van der Waals surface area (Å²) in [7, 11) is 0. The van der Waals surface area contributed by atoms with Crippen LogP contribution in [0.25, 0.3) is 0 Å². The van der Waals surface area contributed by atoms with Gasteiger partial charge in [-0.25, -0.2) is 0 Å². The lowest BCUT2D eigenvalue weighted by Gasteiger charge is -2.30. The molecule has 0 amide bonds. The number of halogens is 1. The van der Waals surface area contributed by atoms with Crippen LogP contribution in [0.2, 0.25) is 0 Å². The highest BCUT2D eigenvalue weighted by Gasteiger charge is 2.31. The van der Waals surface area contributed by atoms with E-state index in [9.17, 15) is 0 Å². The van der Waals surface area contributed by atoms with Crippen LogP contribution in [0.15, 0.2) is 0 Å². The van der Waals surface area contributed by atoms with Gasteiger partial charge in [-0.1, -0.05) is 19.8 Å². The average Bonchev–Trinajstić information content (AvgIpc) is 2.53. The summed E-state index contributed by atoms with van der Waals surface area (Å²) in [6.45, 7) is 2.40. The van der Waals surface area contributed by atoms with E-state index in [1.807, 2.05) is 0 Å². The van der Waals surface area contributed by atoms with Crippen molar-refractivity contribution < 1.29 is 0 Å². The summed E-state index contributed by atoms with van der Waals surface area (Å²) in [5.74, 6) is 3.00. The third-order valence-electron chi connectivity index (χ3n) is 4.14. The lowest BCUT2D eigenvalue weighted by atomic mass is 9.76.